The van der Waals surface area contributed by atoms with E-state index in [1.54, 1.807) is 0 Å². The predicted molar refractivity (Wildman–Crippen MR) is 26.5 cm³/mol. The zero-order valence-electron chi connectivity index (χ0n) is 2.21. The molecule has 5 heteroatoms. The van der Waals surface area contributed by atoms with Crippen LogP contribution in [0.3, 0.4) is 0 Å². The molecule has 0 atom stereocenters. The first-order valence-corrected chi connectivity index (χ1v) is 0. The van der Waals surface area contributed by atoms with E-state index in [4.69, 9.17) is 0 Å². The Morgan fingerprint density at radius 1 is 0.600 bits per heavy atom. The van der Waals surface area contributed by atoms with Crippen LogP contribution in [0.5, 0.6) is 0 Å². The van der Waals surface area contributed by atoms with E-state index in [1.807, 2.05) is 0 Å². The molecule has 0 aromatic heterocycles. The van der Waals surface area contributed by atoms with Crippen molar-refractivity contribution in [1.82, 2.24) is 0 Å². The molecule has 0 spiro atoms. The molecule has 0 fully saturated rings. The second kappa shape index (κ2) is 33.3. The van der Waals surface area contributed by atoms with Crippen LogP contribution in [0.15, 0.2) is 0 Å². The standard InChI is InChI=1S/K.3H2O.Sn.3H/h;3*1H2;;;;. The Bertz CT molecular complexity index is 6.85. The Balaban J connectivity index is 0. The second-order valence-corrected chi connectivity index (χ2v) is 0. The molecule has 0 amide bonds. The quantitative estimate of drug-likeness (QED) is 0.368. The van der Waals surface area contributed by atoms with E-state index in [9.17, 15) is 0 Å². The molecule has 0 bridgehead atoms. The van der Waals surface area contributed by atoms with Crippen molar-refractivity contribution in [3.63, 3.8) is 0 Å². The third-order valence-corrected chi connectivity index (χ3v) is 0. The molecule has 0 unspecified atom stereocenters. The van der Waals surface area contributed by atoms with Crippen molar-refractivity contribution in [2.24, 2.45) is 0 Å². The molecule has 0 aromatic carbocycles. The Kier molecular flexibility index (Phi) is 362. The van der Waals surface area contributed by atoms with Crippen LogP contribution in [0.4, 0.5) is 0 Å². The van der Waals surface area contributed by atoms with Gasteiger partial charge in [0.1, 0.15) is 0 Å². The second-order valence-electron chi connectivity index (χ2n) is 0. The monoisotopic (exact) mass is 216 g/mol. The first-order chi connectivity index (χ1) is 0. The van der Waals surface area contributed by atoms with Gasteiger partial charge in [0.05, 0.1) is 0 Å². The molecule has 5 heavy (non-hydrogen) atoms. The van der Waals surface area contributed by atoms with E-state index in [2.05, 4.69) is 0 Å². The van der Waals surface area contributed by atoms with Gasteiger partial charge in [-0.05, 0) is 0 Å². The van der Waals surface area contributed by atoms with Gasteiger partial charge in [0.2, 0.25) is 0 Å². The van der Waals surface area contributed by atoms with Gasteiger partial charge in [-0.15, -0.1) is 0 Å². The Labute approximate surface area is 89.8 Å². The SMILES string of the molecule is O.O.O.[KH].[SnH2]. The average molecular weight is 215 g/mol. The molecular weight excluding hydrogens is 206 g/mol. The molecule has 0 rings (SSSR count). The minimum atomic E-state index is 0. The normalized spacial score (nSPS) is 0. The summed E-state index contributed by atoms with van der Waals surface area (Å²) in [4.78, 5) is 0. The summed E-state index contributed by atoms with van der Waals surface area (Å²) in [6, 6.07) is 0. The molecule has 6 N–H and O–H groups in total. The summed E-state index contributed by atoms with van der Waals surface area (Å²) in [6.45, 7) is 0. The maximum absolute atomic E-state index is 0. The zero-order chi connectivity index (χ0) is 0. The van der Waals surface area contributed by atoms with Crippen LogP contribution < -0.4 is 0 Å². The van der Waals surface area contributed by atoms with Gasteiger partial charge in [0.15, 0.2) is 0 Å². The Hall–Kier alpha value is 2.32. The van der Waals surface area contributed by atoms with Crippen molar-refractivity contribution in [3.8, 4) is 0 Å². The van der Waals surface area contributed by atoms with Gasteiger partial charge < -0.3 is 16.4 Å². The zero-order valence-corrected chi connectivity index (χ0v) is 6.24. The molecule has 0 heterocycles. The Morgan fingerprint density at radius 2 is 0.600 bits per heavy atom. The van der Waals surface area contributed by atoms with Gasteiger partial charge in [-0.3, -0.25) is 0 Å². The molecule has 0 aliphatic carbocycles. The van der Waals surface area contributed by atoms with Gasteiger partial charge in [-0.1, -0.05) is 0 Å². The van der Waals surface area contributed by atoms with E-state index in [-0.39, 0.29) is 91.7 Å². The molecule has 3 nitrogen and oxygen atoms in total. The molecule has 0 aromatic rings. The number of hydrogen-bond donors (Lipinski definition) is 0. The van der Waals surface area contributed by atoms with E-state index >= 15 is 0 Å². The molecule has 0 saturated carbocycles. The summed E-state index contributed by atoms with van der Waals surface area (Å²) >= 11 is 0. The first kappa shape index (κ1) is 54.4. The molecule has 32 valence electrons. The van der Waals surface area contributed by atoms with Crippen molar-refractivity contribution >= 4 is 75.3 Å². The minimum absolute atomic E-state index is 0. The van der Waals surface area contributed by atoms with Crippen LogP contribution >= 0.6 is 0 Å². The third kappa shape index (κ3) is 21.9. The van der Waals surface area contributed by atoms with Crippen molar-refractivity contribution in [2.45, 2.75) is 0 Å². The van der Waals surface area contributed by atoms with Crippen LogP contribution in [0.1, 0.15) is 0 Å². The van der Waals surface area contributed by atoms with Crippen LogP contribution in [-0.4, -0.2) is 91.7 Å². The number of hydrogen-bond acceptors (Lipinski definition) is 0. The van der Waals surface area contributed by atoms with Crippen molar-refractivity contribution in [3.05, 3.63) is 0 Å². The molecule has 0 aliphatic heterocycles. The molecule has 0 aliphatic rings. The van der Waals surface area contributed by atoms with Crippen LogP contribution in [0, 0.1) is 0 Å². The van der Waals surface area contributed by atoms with Gasteiger partial charge >= 0.3 is 75.3 Å². The van der Waals surface area contributed by atoms with Crippen LogP contribution in [0.25, 0.3) is 0 Å². The van der Waals surface area contributed by atoms with Crippen molar-refractivity contribution in [1.29, 1.82) is 0 Å². The fraction of sp³-hybridized carbons (Fsp3) is 0. The van der Waals surface area contributed by atoms with E-state index in [0.717, 1.165) is 0 Å². The van der Waals surface area contributed by atoms with Gasteiger partial charge in [-0.2, -0.15) is 0 Å². The fourth-order valence-electron chi connectivity index (χ4n) is 0. The summed E-state index contributed by atoms with van der Waals surface area (Å²) in [5.41, 5.74) is 0. The van der Waals surface area contributed by atoms with Crippen LogP contribution in [0.2, 0.25) is 0 Å². The average Bonchev–Trinajstić information content (AvgIpc) is 0. The third-order valence-electron chi connectivity index (χ3n) is 0. The summed E-state index contributed by atoms with van der Waals surface area (Å²) in [5, 5.41) is 0. The van der Waals surface area contributed by atoms with E-state index in [0.29, 0.717) is 0 Å². The molecular formula is H9KO3Sn. The van der Waals surface area contributed by atoms with Gasteiger partial charge in [-0.25, -0.2) is 0 Å². The summed E-state index contributed by atoms with van der Waals surface area (Å²) in [6.07, 6.45) is 0. The van der Waals surface area contributed by atoms with Gasteiger partial charge in [0.25, 0.3) is 0 Å². The van der Waals surface area contributed by atoms with E-state index < -0.39 is 0 Å². The predicted octanol–water partition coefficient (Wildman–Crippen LogP) is -4.04. The van der Waals surface area contributed by atoms with Gasteiger partial charge in [0, 0.05) is 0 Å². The topological polar surface area (TPSA) is 94.5 Å². The summed E-state index contributed by atoms with van der Waals surface area (Å²) in [7, 11) is 0. The van der Waals surface area contributed by atoms with Crippen molar-refractivity contribution < 1.29 is 16.4 Å². The summed E-state index contributed by atoms with van der Waals surface area (Å²) in [5.74, 6) is 0. The molecule has 2 radical (unpaired) electrons. The van der Waals surface area contributed by atoms with Crippen LogP contribution in [-0.2, 0) is 0 Å². The first-order valence-electron chi connectivity index (χ1n) is 0. The van der Waals surface area contributed by atoms with Crippen molar-refractivity contribution in [2.75, 3.05) is 0 Å². The molecule has 0 saturated heterocycles. The maximum atomic E-state index is 0. The Morgan fingerprint density at radius 3 is 0.600 bits per heavy atom. The fourth-order valence-corrected chi connectivity index (χ4v) is 0. The van der Waals surface area contributed by atoms with E-state index in [1.165, 1.54) is 0 Å². The number of rotatable bonds is 0. The summed E-state index contributed by atoms with van der Waals surface area (Å²) < 4.78 is 0.